The molecule has 1 amide bonds. The quantitative estimate of drug-likeness (QED) is 0.861. The lowest BCUT2D eigenvalue weighted by atomic mass is 9.82. The molecule has 0 bridgehead atoms. The Morgan fingerprint density at radius 1 is 1.10 bits per heavy atom. The smallest absolute Gasteiger partial charge is 0.231 e. The van der Waals surface area contributed by atoms with E-state index in [2.05, 4.69) is 15.3 Å². The van der Waals surface area contributed by atoms with Crippen molar-refractivity contribution in [3.63, 3.8) is 0 Å². The first-order valence-electron chi connectivity index (χ1n) is 7.56. The van der Waals surface area contributed by atoms with Crippen LogP contribution in [-0.2, 0) is 16.0 Å². The Morgan fingerprint density at radius 2 is 1.81 bits per heavy atom. The molecule has 5 nitrogen and oxygen atoms in total. The Morgan fingerprint density at radius 3 is 2.52 bits per heavy atom. The maximum Gasteiger partial charge on any atom is 0.231 e. The van der Waals surface area contributed by atoms with Crippen molar-refractivity contribution in [1.82, 2.24) is 15.3 Å². The number of nitrogens with one attached hydrogen (secondary N) is 1. The second-order valence-corrected chi connectivity index (χ2v) is 5.72. The fourth-order valence-corrected chi connectivity index (χ4v) is 3.19. The van der Waals surface area contributed by atoms with Crippen LogP contribution in [0.5, 0.6) is 0 Å². The predicted octanol–water partition coefficient (Wildman–Crippen LogP) is 1.94. The molecule has 1 N–H and O–H groups in total. The predicted molar refractivity (Wildman–Crippen MR) is 77.1 cm³/mol. The number of carbonyl (C=O) groups excluding carboxylic acids is 2. The maximum absolute atomic E-state index is 12.3. The molecular weight excluding hydrogens is 266 g/mol. The van der Waals surface area contributed by atoms with Crippen molar-refractivity contribution < 1.29 is 9.59 Å². The summed E-state index contributed by atoms with van der Waals surface area (Å²) in [6, 6.07) is 1.75. The van der Waals surface area contributed by atoms with Crippen LogP contribution in [0, 0.1) is 5.92 Å². The number of nitrogens with zero attached hydrogens (tertiary/aromatic N) is 2. The molecule has 2 aliphatic rings. The molecule has 3 rings (SSSR count). The average molecular weight is 285 g/mol. The third-order valence-electron chi connectivity index (χ3n) is 4.22. The minimum atomic E-state index is -0.182. The van der Waals surface area contributed by atoms with E-state index in [-0.39, 0.29) is 18.1 Å². The second-order valence-electron chi connectivity index (χ2n) is 5.72. The molecular formula is C16H19N3O2. The van der Waals surface area contributed by atoms with E-state index in [9.17, 15) is 9.59 Å². The van der Waals surface area contributed by atoms with Gasteiger partial charge < -0.3 is 5.32 Å². The van der Waals surface area contributed by atoms with E-state index >= 15 is 0 Å². The maximum atomic E-state index is 12.3. The molecule has 1 aliphatic heterocycles. The van der Waals surface area contributed by atoms with E-state index in [1.54, 1.807) is 18.5 Å². The third kappa shape index (κ3) is 3.17. The highest BCUT2D eigenvalue weighted by Gasteiger charge is 2.31. The molecule has 1 aromatic heterocycles. The summed E-state index contributed by atoms with van der Waals surface area (Å²) in [5, 5.41) is 2.95. The van der Waals surface area contributed by atoms with Crippen molar-refractivity contribution in [3.05, 3.63) is 35.6 Å². The van der Waals surface area contributed by atoms with Gasteiger partial charge >= 0.3 is 0 Å². The number of ketones is 1. The lowest BCUT2D eigenvalue weighted by molar-refractivity contribution is -0.127. The van der Waals surface area contributed by atoms with Gasteiger partial charge in [-0.1, -0.05) is 19.3 Å². The van der Waals surface area contributed by atoms with Crippen molar-refractivity contribution in [2.75, 3.05) is 0 Å². The van der Waals surface area contributed by atoms with Crippen LogP contribution >= 0.6 is 0 Å². The fourth-order valence-electron chi connectivity index (χ4n) is 3.19. The molecule has 21 heavy (non-hydrogen) atoms. The molecule has 2 heterocycles. The molecule has 0 atom stereocenters. The Balaban J connectivity index is 1.92. The number of rotatable bonds is 3. The Labute approximate surface area is 123 Å². The highest BCUT2D eigenvalue weighted by molar-refractivity contribution is 6.10. The van der Waals surface area contributed by atoms with Crippen molar-refractivity contribution in [1.29, 1.82) is 0 Å². The molecule has 1 fully saturated rings. The number of hydrogen-bond acceptors (Lipinski definition) is 4. The van der Waals surface area contributed by atoms with Crippen molar-refractivity contribution in [3.8, 4) is 0 Å². The SMILES string of the molecule is O=C1CC(=O)C(Cc2ncccn2)=C(C2CCCCC2)N1. The number of Topliss-reactive ketones (excluding diaryl/α,β-unsaturated/α-hetero) is 1. The molecule has 0 spiro atoms. The van der Waals surface area contributed by atoms with E-state index in [0.29, 0.717) is 23.7 Å². The number of carbonyl (C=O) groups is 2. The van der Waals surface area contributed by atoms with Gasteiger partial charge in [0.05, 0.1) is 6.42 Å². The number of hydrogen-bond donors (Lipinski definition) is 1. The molecule has 1 aliphatic carbocycles. The van der Waals surface area contributed by atoms with Crippen LogP contribution < -0.4 is 5.32 Å². The van der Waals surface area contributed by atoms with Crippen LogP contribution in [-0.4, -0.2) is 21.7 Å². The first-order valence-corrected chi connectivity index (χ1v) is 7.56. The first kappa shape index (κ1) is 13.9. The van der Waals surface area contributed by atoms with Gasteiger partial charge in [-0.05, 0) is 24.8 Å². The molecule has 110 valence electrons. The summed E-state index contributed by atoms with van der Waals surface area (Å²) in [5.41, 5.74) is 1.54. The third-order valence-corrected chi connectivity index (χ3v) is 4.22. The largest absolute Gasteiger partial charge is 0.329 e. The molecule has 0 aromatic carbocycles. The second kappa shape index (κ2) is 6.16. The van der Waals surface area contributed by atoms with Crippen LogP contribution in [0.25, 0.3) is 0 Å². The number of allylic oxidation sites excluding steroid dienone is 2. The van der Waals surface area contributed by atoms with Gasteiger partial charge in [0.25, 0.3) is 0 Å². The summed E-state index contributed by atoms with van der Waals surface area (Å²) in [4.78, 5) is 32.4. The van der Waals surface area contributed by atoms with E-state index in [0.717, 1.165) is 31.4 Å². The van der Waals surface area contributed by atoms with Gasteiger partial charge in [-0.25, -0.2) is 9.97 Å². The fraction of sp³-hybridized carbons (Fsp3) is 0.500. The molecule has 0 radical (unpaired) electrons. The van der Waals surface area contributed by atoms with Gasteiger partial charge in [0.15, 0.2) is 5.78 Å². The van der Waals surface area contributed by atoms with Gasteiger partial charge in [0.2, 0.25) is 5.91 Å². The van der Waals surface area contributed by atoms with E-state index in [4.69, 9.17) is 0 Å². The van der Waals surface area contributed by atoms with Crippen LogP contribution in [0.1, 0.15) is 44.3 Å². The zero-order valence-electron chi connectivity index (χ0n) is 12.0. The summed E-state index contributed by atoms with van der Waals surface area (Å²) < 4.78 is 0. The lowest BCUT2D eigenvalue weighted by Gasteiger charge is -2.29. The number of aromatic nitrogens is 2. The summed E-state index contributed by atoms with van der Waals surface area (Å²) in [7, 11) is 0. The summed E-state index contributed by atoms with van der Waals surface area (Å²) in [6.45, 7) is 0. The summed E-state index contributed by atoms with van der Waals surface area (Å²) in [6.07, 6.45) is 9.35. The van der Waals surface area contributed by atoms with E-state index in [1.807, 2.05) is 0 Å². The van der Waals surface area contributed by atoms with E-state index in [1.165, 1.54) is 6.42 Å². The van der Waals surface area contributed by atoms with Gasteiger partial charge in [-0.3, -0.25) is 9.59 Å². The summed E-state index contributed by atoms with van der Waals surface area (Å²) in [5.74, 6) is 0.668. The van der Waals surface area contributed by atoms with Crippen LogP contribution in [0.15, 0.2) is 29.7 Å². The van der Waals surface area contributed by atoms with Gasteiger partial charge in [-0.2, -0.15) is 0 Å². The Kier molecular flexibility index (Phi) is 4.08. The zero-order chi connectivity index (χ0) is 14.7. The number of amides is 1. The lowest BCUT2D eigenvalue weighted by Crippen LogP contribution is -2.37. The molecule has 1 saturated carbocycles. The Hall–Kier alpha value is -2.04. The van der Waals surface area contributed by atoms with Crippen molar-refractivity contribution in [2.24, 2.45) is 5.92 Å². The van der Waals surface area contributed by atoms with Crippen molar-refractivity contribution >= 4 is 11.7 Å². The minimum Gasteiger partial charge on any atom is -0.329 e. The highest BCUT2D eigenvalue weighted by Crippen LogP contribution is 2.32. The topological polar surface area (TPSA) is 72.0 Å². The van der Waals surface area contributed by atoms with Gasteiger partial charge in [0.1, 0.15) is 5.82 Å². The van der Waals surface area contributed by atoms with Crippen LogP contribution in [0.3, 0.4) is 0 Å². The molecule has 1 aromatic rings. The monoisotopic (exact) mass is 285 g/mol. The molecule has 0 saturated heterocycles. The molecule has 0 unspecified atom stereocenters. The summed E-state index contributed by atoms with van der Waals surface area (Å²) >= 11 is 0. The van der Waals surface area contributed by atoms with Crippen LogP contribution in [0.4, 0.5) is 0 Å². The highest BCUT2D eigenvalue weighted by atomic mass is 16.2. The zero-order valence-corrected chi connectivity index (χ0v) is 12.0. The van der Waals surface area contributed by atoms with Crippen LogP contribution in [0.2, 0.25) is 0 Å². The van der Waals surface area contributed by atoms with E-state index < -0.39 is 0 Å². The average Bonchev–Trinajstić information content (AvgIpc) is 2.51. The standard InChI is InChI=1S/C16H19N3O2/c20-13-10-15(21)19-16(11-5-2-1-3-6-11)12(13)9-14-17-7-4-8-18-14/h4,7-8,11H,1-3,5-6,9-10H2,(H,19,21). The molecule has 5 heteroatoms. The van der Waals surface area contributed by atoms with Gasteiger partial charge in [0, 0.05) is 30.1 Å². The normalized spacial score (nSPS) is 20.6. The Bertz CT molecular complexity index is 574. The van der Waals surface area contributed by atoms with Gasteiger partial charge in [-0.15, -0.1) is 0 Å². The minimum absolute atomic E-state index is 0.0572. The van der Waals surface area contributed by atoms with Crippen molar-refractivity contribution in [2.45, 2.75) is 44.9 Å². The first-order chi connectivity index (χ1) is 10.2.